The molecule has 0 atom stereocenters. The third-order valence-corrected chi connectivity index (χ3v) is 2.51. The molecule has 1 aromatic heterocycles. The molecule has 0 saturated heterocycles. The van der Waals surface area contributed by atoms with Gasteiger partial charge in [0.15, 0.2) is 0 Å². The summed E-state index contributed by atoms with van der Waals surface area (Å²) in [4.78, 5) is 11.5. The van der Waals surface area contributed by atoms with Gasteiger partial charge in [-0.25, -0.2) is 0 Å². The maximum Gasteiger partial charge on any atom is 0.232 e. The molecular weight excluding hydrogens is 259 g/mol. The second-order valence-corrected chi connectivity index (χ2v) is 4.05. The lowest BCUT2D eigenvalue weighted by Crippen LogP contribution is -1.99. The summed E-state index contributed by atoms with van der Waals surface area (Å²) in [6.45, 7) is 2.09. The summed E-state index contributed by atoms with van der Waals surface area (Å²) in [5.41, 5.74) is 2.11. The monoisotopic (exact) mass is 268 g/mol. The fourth-order valence-corrected chi connectivity index (χ4v) is 1.74. The van der Waals surface area contributed by atoms with Crippen LogP contribution in [0.4, 0.5) is 11.6 Å². The van der Waals surface area contributed by atoms with Gasteiger partial charge in [-0.3, -0.25) is 0 Å². The molecule has 0 radical (unpaired) electrons. The molecular formula is C11H10Cl2N4. The number of aryl methyl sites for hydroxylation is 1. The van der Waals surface area contributed by atoms with Crippen LogP contribution in [0.5, 0.6) is 0 Å². The van der Waals surface area contributed by atoms with E-state index in [1.165, 1.54) is 5.56 Å². The Morgan fingerprint density at radius 1 is 1.12 bits per heavy atom. The molecule has 1 heterocycles. The van der Waals surface area contributed by atoms with E-state index >= 15 is 0 Å². The molecule has 0 amide bonds. The summed E-state index contributed by atoms with van der Waals surface area (Å²) in [6, 6.07) is 7.96. The number of anilines is 2. The second kappa shape index (κ2) is 5.29. The predicted octanol–water partition coefficient (Wildman–Crippen LogP) is 3.48. The van der Waals surface area contributed by atoms with Crippen molar-refractivity contribution < 1.29 is 0 Å². The molecule has 0 unspecified atom stereocenters. The van der Waals surface area contributed by atoms with Gasteiger partial charge in [-0.2, -0.15) is 15.0 Å². The molecule has 4 nitrogen and oxygen atoms in total. The van der Waals surface area contributed by atoms with Crippen molar-refractivity contribution in [1.29, 1.82) is 0 Å². The van der Waals surface area contributed by atoms with Crippen LogP contribution in [-0.4, -0.2) is 15.0 Å². The first-order valence-corrected chi connectivity index (χ1v) is 5.86. The van der Waals surface area contributed by atoms with Crippen LogP contribution in [0.2, 0.25) is 10.6 Å². The summed E-state index contributed by atoms with van der Waals surface area (Å²) in [7, 11) is 0. The first-order chi connectivity index (χ1) is 8.17. The van der Waals surface area contributed by atoms with Crippen LogP contribution >= 0.6 is 23.2 Å². The van der Waals surface area contributed by atoms with Gasteiger partial charge in [-0.05, 0) is 47.3 Å². The molecule has 0 bridgehead atoms. The van der Waals surface area contributed by atoms with Crippen molar-refractivity contribution in [2.24, 2.45) is 0 Å². The van der Waals surface area contributed by atoms with Gasteiger partial charge in [-0.15, -0.1) is 0 Å². The highest BCUT2D eigenvalue weighted by Crippen LogP contribution is 2.17. The normalized spacial score (nSPS) is 10.3. The highest BCUT2D eigenvalue weighted by molar-refractivity contribution is 6.31. The molecule has 2 aromatic rings. The van der Waals surface area contributed by atoms with E-state index in [4.69, 9.17) is 23.2 Å². The van der Waals surface area contributed by atoms with E-state index in [1.807, 2.05) is 18.2 Å². The largest absolute Gasteiger partial charge is 0.324 e. The lowest BCUT2D eigenvalue weighted by Gasteiger charge is -2.06. The molecule has 0 fully saturated rings. The Balaban J connectivity index is 2.24. The van der Waals surface area contributed by atoms with Gasteiger partial charge in [0.25, 0.3) is 0 Å². The predicted molar refractivity (Wildman–Crippen MR) is 68.9 cm³/mol. The van der Waals surface area contributed by atoms with Crippen molar-refractivity contribution in [3.05, 3.63) is 40.4 Å². The highest BCUT2D eigenvalue weighted by Gasteiger charge is 2.03. The molecule has 1 N–H and O–H groups in total. The zero-order valence-corrected chi connectivity index (χ0v) is 10.6. The number of nitrogens with one attached hydrogen (secondary N) is 1. The maximum atomic E-state index is 5.69. The fraction of sp³-hybridized carbons (Fsp3) is 0.182. The molecule has 6 heteroatoms. The van der Waals surface area contributed by atoms with Crippen LogP contribution in [0, 0.1) is 0 Å². The molecule has 88 valence electrons. The average Bonchev–Trinajstić information content (AvgIpc) is 2.28. The van der Waals surface area contributed by atoms with E-state index < -0.39 is 0 Å². The second-order valence-electron chi connectivity index (χ2n) is 3.38. The van der Waals surface area contributed by atoms with Crippen LogP contribution in [0.1, 0.15) is 12.5 Å². The molecule has 0 aliphatic carbocycles. The zero-order chi connectivity index (χ0) is 12.3. The Kier molecular flexibility index (Phi) is 3.76. The Morgan fingerprint density at radius 2 is 1.82 bits per heavy atom. The third kappa shape index (κ3) is 3.28. The summed E-state index contributed by atoms with van der Waals surface area (Å²) in [6.07, 6.45) is 0.967. The van der Waals surface area contributed by atoms with Gasteiger partial charge < -0.3 is 5.32 Å². The van der Waals surface area contributed by atoms with E-state index in [2.05, 4.69) is 33.3 Å². The molecule has 2 rings (SSSR count). The van der Waals surface area contributed by atoms with Crippen molar-refractivity contribution in [2.45, 2.75) is 13.3 Å². The van der Waals surface area contributed by atoms with E-state index in [1.54, 1.807) is 0 Å². The molecule has 0 aliphatic heterocycles. The van der Waals surface area contributed by atoms with Crippen molar-refractivity contribution in [2.75, 3.05) is 5.32 Å². The van der Waals surface area contributed by atoms with Crippen LogP contribution in [0.15, 0.2) is 24.3 Å². The van der Waals surface area contributed by atoms with Gasteiger partial charge >= 0.3 is 0 Å². The molecule has 1 aromatic carbocycles. The Morgan fingerprint density at radius 3 is 2.47 bits per heavy atom. The highest BCUT2D eigenvalue weighted by atomic mass is 35.5. The Hall–Kier alpha value is -1.39. The molecule has 0 spiro atoms. The lowest BCUT2D eigenvalue weighted by atomic mass is 10.1. The zero-order valence-electron chi connectivity index (χ0n) is 9.11. The summed E-state index contributed by atoms with van der Waals surface area (Å²) < 4.78 is 0. The van der Waals surface area contributed by atoms with E-state index in [0.717, 1.165) is 12.1 Å². The summed E-state index contributed by atoms with van der Waals surface area (Å²) >= 11 is 11.4. The number of benzene rings is 1. The molecule has 17 heavy (non-hydrogen) atoms. The summed E-state index contributed by atoms with van der Waals surface area (Å²) in [5.74, 6) is 0.336. The average molecular weight is 269 g/mol. The van der Waals surface area contributed by atoms with E-state index in [-0.39, 0.29) is 10.6 Å². The Bertz CT molecular complexity index is 510. The van der Waals surface area contributed by atoms with E-state index in [0.29, 0.717) is 5.95 Å². The maximum absolute atomic E-state index is 5.69. The lowest BCUT2D eigenvalue weighted by molar-refractivity contribution is 1.05. The molecule has 0 saturated carbocycles. The number of halogens is 2. The van der Waals surface area contributed by atoms with Crippen LogP contribution in [-0.2, 0) is 6.42 Å². The van der Waals surface area contributed by atoms with Gasteiger partial charge in [0.1, 0.15) is 0 Å². The minimum atomic E-state index is 0.0687. The van der Waals surface area contributed by atoms with Crippen molar-refractivity contribution in [3.8, 4) is 0 Å². The third-order valence-electron chi connectivity index (χ3n) is 2.17. The number of aromatic nitrogens is 3. The van der Waals surface area contributed by atoms with Crippen molar-refractivity contribution >= 4 is 34.8 Å². The first kappa shape index (κ1) is 12.1. The molecule has 0 aliphatic rings. The first-order valence-electron chi connectivity index (χ1n) is 5.10. The quantitative estimate of drug-likeness (QED) is 0.926. The topological polar surface area (TPSA) is 50.7 Å². The van der Waals surface area contributed by atoms with Gasteiger partial charge in [0.05, 0.1) is 0 Å². The van der Waals surface area contributed by atoms with Crippen LogP contribution < -0.4 is 5.32 Å². The fourth-order valence-electron chi connectivity index (χ4n) is 1.38. The van der Waals surface area contributed by atoms with Crippen LogP contribution in [0.25, 0.3) is 0 Å². The van der Waals surface area contributed by atoms with Crippen LogP contribution in [0.3, 0.4) is 0 Å². The Labute approximate surface area is 109 Å². The standard InChI is InChI=1S/C11H10Cl2N4/c1-2-7-4-3-5-8(6-7)14-11-16-9(12)15-10(13)17-11/h3-6H,2H2,1H3,(H,14,15,16,17). The van der Waals surface area contributed by atoms with Crippen molar-refractivity contribution in [1.82, 2.24) is 15.0 Å². The minimum absolute atomic E-state index is 0.0687. The number of hydrogen-bond acceptors (Lipinski definition) is 4. The SMILES string of the molecule is CCc1cccc(Nc2nc(Cl)nc(Cl)n2)c1. The van der Waals surface area contributed by atoms with Gasteiger partial charge in [0.2, 0.25) is 16.5 Å². The van der Waals surface area contributed by atoms with Gasteiger partial charge in [-0.1, -0.05) is 19.1 Å². The summed E-state index contributed by atoms with van der Waals surface area (Å²) in [5, 5.41) is 3.17. The van der Waals surface area contributed by atoms with E-state index in [9.17, 15) is 0 Å². The number of rotatable bonds is 3. The number of nitrogens with zero attached hydrogens (tertiary/aromatic N) is 3. The smallest absolute Gasteiger partial charge is 0.232 e. The van der Waals surface area contributed by atoms with Crippen molar-refractivity contribution in [3.63, 3.8) is 0 Å². The minimum Gasteiger partial charge on any atom is -0.324 e. The van der Waals surface area contributed by atoms with Gasteiger partial charge in [0, 0.05) is 5.69 Å². The number of hydrogen-bond donors (Lipinski definition) is 1.